The third-order valence-corrected chi connectivity index (χ3v) is 9.21. The number of carbonyl (C=O) groups excluding carboxylic acids is 1. The number of benzene rings is 4. The highest BCUT2D eigenvalue weighted by molar-refractivity contribution is 5.97. The van der Waals surface area contributed by atoms with Crippen molar-refractivity contribution in [2.24, 2.45) is 0 Å². The number of amides is 1. The largest absolute Gasteiger partial charge is 0.497 e. The van der Waals surface area contributed by atoms with Crippen LogP contribution in [0.3, 0.4) is 0 Å². The van der Waals surface area contributed by atoms with Crippen LogP contribution < -0.4 is 19.5 Å². The van der Waals surface area contributed by atoms with E-state index < -0.39 is 36.0 Å². The number of anilines is 1. The summed E-state index contributed by atoms with van der Waals surface area (Å²) in [6.07, 6.45) is -0.781. The fourth-order valence-electron chi connectivity index (χ4n) is 6.60. The topological polar surface area (TPSA) is 148 Å². The molecule has 5 unspecified atom stereocenters. The number of methoxy groups -OCH3 is 3. The van der Waals surface area contributed by atoms with Crippen LogP contribution in [0.1, 0.15) is 22.9 Å². The number of nitrogens with one attached hydrogen (secondary N) is 1. The number of nitrogens with zero attached hydrogens (tertiary/aromatic N) is 4. The van der Waals surface area contributed by atoms with Gasteiger partial charge < -0.3 is 38.8 Å². The Morgan fingerprint density at radius 3 is 2.21 bits per heavy atom. The molecule has 5 atom stereocenters. The lowest BCUT2D eigenvalue weighted by atomic mass is 9.80. The maximum absolute atomic E-state index is 12.8. The number of ether oxygens (including phenoxy) is 6. The zero-order chi connectivity index (χ0) is 36.8. The molecule has 0 radical (unpaired) electrons. The van der Waals surface area contributed by atoms with Crippen molar-refractivity contribution in [1.82, 2.24) is 19.5 Å². The average Bonchev–Trinajstić information content (AvgIpc) is 3.79. The number of hydrogen-bond acceptors (Lipinski definition) is 11. The van der Waals surface area contributed by atoms with Crippen molar-refractivity contribution in [2.75, 3.05) is 39.9 Å². The highest BCUT2D eigenvalue weighted by atomic mass is 16.6. The Labute approximate surface area is 306 Å². The van der Waals surface area contributed by atoms with Crippen molar-refractivity contribution < 1.29 is 38.3 Å². The molecule has 1 aliphatic heterocycles. The predicted molar refractivity (Wildman–Crippen MR) is 195 cm³/mol. The first-order valence-electron chi connectivity index (χ1n) is 16.9. The maximum atomic E-state index is 12.8. The molecule has 2 aromatic heterocycles. The minimum Gasteiger partial charge on any atom is -0.497 e. The van der Waals surface area contributed by atoms with Crippen molar-refractivity contribution in [1.29, 1.82) is 0 Å². The van der Waals surface area contributed by atoms with E-state index in [0.29, 0.717) is 28.4 Å². The molecule has 4 aromatic carbocycles. The summed E-state index contributed by atoms with van der Waals surface area (Å²) in [6, 6.07) is 34.3. The van der Waals surface area contributed by atoms with E-state index in [9.17, 15) is 9.90 Å². The third-order valence-electron chi connectivity index (χ3n) is 9.21. The van der Waals surface area contributed by atoms with Gasteiger partial charge >= 0.3 is 0 Å². The number of hydrogen-bond donors (Lipinski definition) is 2. The summed E-state index contributed by atoms with van der Waals surface area (Å²) in [5.41, 5.74) is 2.03. The second kappa shape index (κ2) is 15.8. The second-order valence-electron chi connectivity index (χ2n) is 12.3. The highest BCUT2D eigenvalue weighted by Crippen LogP contribution is 2.43. The maximum Gasteiger partial charge on any atom is 0.263 e. The van der Waals surface area contributed by atoms with Crippen LogP contribution in [0.2, 0.25) is 0 Å². The lowest BCUT2D eigenvalue weighted by Crippen LogP contribution is -2.40. The zero-order valence-corrected chi connectivity index (χ0v) is 29.4. The van der Waals surface area contributed by atoms with E-state index in [-0.39, 0.29) is 19.0 Å². The van der Waals surface area contributed by atoms with E-state index in [4.69, 9.17) is 28.4 Å². The van der Waals surface area contributed by atoms with E-state index in [0.717, 1.165) is 16.7 Å². The molecule has 0 spiro atoms. The van der Waals surface area contributed by atoms with E-state index in [1.807, 2.05) is 97.1 Å². The normalized spacial score (nSPS) is 19.4. The van der Waals surface area contributed by atoms with Crippen LogP contribution in [0.15, 0.2) is 122 Å². The molecule has 1 saturated heterocycles. The van der Waals surface area contributed by atoms with Crippen LogP contribution in [-0.4, -0.2) is 83.4 Å². The molecule has 1 amide bonds. The third kappa shape index (κ3) is 7.15. The van der Waals surface area contributed by atoms with Crippen molar-refractivity contribution in [2.45, 2.75) is 30.1 Å². The van der Waals surface area contributed by atoms with Crippen molar-refractivity contribution in [3.8, 4) is 17.2 Å². The van der Waals surface area contributed by atoms with Gasteiger partial charge in [-0.2, -0.15) is 0 Å². The Balaban J connectivity index is 1.18. The number of para-hydroxylation sites is 1. The van der Waals surface area contributed by atoms with Gasteiger partial charge in [0.1, 0.15) is 47.5 Å². The molecule has 1 aliphatic rings. The van der Waals surface area contributed by atoms with Crippen molar-refractivity contribution in [3.05, 3.63) is 139 Å². The van der Waals surface area contributed by atoms with Crippen LogP contribution in [0.4, 0.5) is 5.82 Å². The molecule has 0 bridgehead atoms. The fourth-order valence-corrected chi connectivity index (χ4v) is 6.60. The first kappa shape index (κ1) is 35.5. The molecule has 2 N–H and O–H groups in total. The van der Waals surface area contributed by atoms with Gasteiger partial charge in [0.25, 0.3) is 5.91 Å². The molecular formula is C40H39N5O8. The smallest absolute Gasteiger partial charge is 0.263 e. The van der Waals surface area contributed by atoms with E-state index in [1.165, 1.54) is 19.8 Å². The second-order valence-corrected chi connectivity index (χ2v) is 12.3. The molecule has 1 fully saturated rings. The standard InChI is InChI=1S/C40H39N5O8/c1-48-29-19-17-27(18-20-29)40(26-11-6-4-7-12-26,28-13-10-16-31(21-28)49-2)52-22-32-35(47)36(50-3)39(53-32)45-25-43-34-37(41-24-42-38(34)45)44-33(46)23-51-30-14-8-5-9-15-30/h4-21,24-25,32,35-36,39,47H,22-23H2,1-3H3,(H,41,42,44,46). The Morgan fingerprint density at radius 2 is 1.49 bits per heavy atom. The highest BCUT2D eigenvalue weighted by Gasteiger charge is 2.48. The summed E-state index contributed by atoms with van der Waals surface area (Å²) < 4.78 is 37.7. The average molecular weight is 718 g/mol. The summed E-state index contributed by atoms with van der Waals surface area (Å²) in [5, 5.41) is 14.4. The Hall–Kier alpha value is -5.86. The van der Waals surface area contributed by atoms with Gasteiger partial charge in [0.05, 0.1) is 27.2 Å². The summed E-state index contributed by atoms with van der Waals surface area (Å²) >= 11 is 0. The molecule has 13 heteroatoms. The van der Waals surface area contributed by atoms with E-state index in [2.05, 4.69) is 20.3 Å². The van der Waals surface area contributed by atoms with Gasteiger partial charge in [-0.25, -0.2) is 15.0 Å². The zero-order valence-electron chi connectivity index (χ0n) is 29.4. The van der Waals surface area contributed by atoms with Gasteiger partial charge in [0, 0.05) is 7.11 Å². The van der Waals surface area contributed by atoms with Crippen LogP contribution in [-0.2, 0) is 24.6 Å². The molecule has 3 heterocycles. The summed E-state index contributed by atoms with van der Waals surface area (Å²) in [5.74, 6) is 1.70. The van der Waals surface area contributed by atoms with Gasteiger partial charge in [0.15, 0.2) is 29.8 Å². The van der Waals surface area contributed by atoms with Crippen LogP contribution in [0, 0.1) is 0 Å². The van der Waals surface area contributed by atoms with Crippen LogP contribution in [0.5, 0.6) is 17.2 Å². The molecule has 0 saturated carbocycles. The van der Waals surface area contributed by atoms with Gasteiger partial charge in [-0.05, 0) is 53.1 Å². The number of aliphatic hydroxyl groups is 1. The molecule has 0 aliphatic carbocycles. The number of aromatic nitrogens is 4. The Kier molecular flexibility index (Phi) is 10.6. The minimum absolute atomic E-state index is 0.0417. The van der Waals surface area contributed by atoms with Crippen molar-refractivity contribution in [3.63, 3.8) is 0 Å². The van der Waals surface area contributed by atoms with Gasteiger partial charge in [-0.15, -0.1) is 0 Å². The Bertz CT molecular complexity index is 2130. The van der Waals surface area contributed by atoms with Gasteiger partial charge in [-0.3, -0.25) is 9.36 Å². The number of aliphatic hydroxyl groups excluding tert-OH is 1. The SMILES string of the molecule is COc1ccc(C(OCC2OC(n3cnc4c(NC(=O)COc5ccccc5)ncnc43)C(OC)C2O)(c2ccccc2)c2cccc(OC)c2)cc1. The van der Waals surface area contributed by atoms with E-state index in [1.54, 1.807) is 30.9 Å². The quantitative estimate of drug-likeness (QED) is 0.144. The van der Waals surface area contributed by atoms with Crippen molar-refractivity contribution >= 4 is 22.9 Å². The molecule has 53 heavy (non-hydrogen) atoms. The van der Waals surface area contributed by atoms with Crippen LogP contribution >= 0.6 is 0 Å². The number of rotatable bonds is 14. The molecular weight excluding hydrogens is 678 g/mol. The summed E-state index contributed by atoms with van der Waals surface area (Å²) in [7, 11) is 4.74. The number of imidazole rings is 1. The Morgan fingerprint density at radius 1 is 0.811 bits per heavy atom. The molecule has 6 aromatic rings. The summed E-state index contributed by atoms with van der Waals surface area (Å²) in [4.78, 5) is 26.0. The summed E-state index contributed by atoms with van der Waals surface area (Å²) in [6.45, 7) is -0.266. The van der Waals surface area contributed by atoms with Gasteiger partial charge in [0.2, 0.25) is 0 Å². The van der Waals surface area contributed by atoms with E-state index >= 15 is 0 Å². The molecule has 13 nitrogen and oxygen atoms in total. The molecule has 7 rings (SSSR count). The lowest BCUT2D eigenvalue weighted by molar-refractivity contribution is -0.118. The first-order valence-corrected chi connectivity index (χ1v) is 16.9. The van der Waals surface area contributed by atoms with Gasteiger partial charge in [-0.1, -0.05) is 72.8 Å². The number of fused-ring (bicyclic) bond motifs is 1. The first-order chi connectivity index (χ1) is 25.9. The minimum atomic E-state index is -1.15. The lowest BCUT2D eigenvalue weighted by Gasteiger charge is -2.37. The predicted octanol–water partition coefficient (Wildman–Crippen LogP) is 5.14. The molecule has 272 valence electrons. The number of carbonyl (C=O) groups is 1. The monoisotopic (exact) mass is 717 g/mol. The fraction of sp³-hybridized carbons (Fsp3) is 0.250. The van der Waals surface area contributed by atoms with Crippen LogP contribution in [0.25, 0.3) is 11.2 Å².